The van der Waals surface area contributed by atoms with Gasteiger partial charge in [-0.1, -0.05) is 0 Å². The van der Waals surface area contributed by atoms with Gasteiger partial charge in [0.05, 0.1) is 5.52 Å². The van der Waals surface area contributed by atoms with E-state index in [9.17, 15) is 4.79 Å². The van der Waals surface area contributed by atoms with Crippen LogP contribution in [0, 0.1) is 0 Å². The van der Waals surface area contributed by atoms with E-state index in [1.165, 1.54) is 6.07 Å². The van der Waals surface area contributed by atoms with Crippen LogP contribution in [0.2, 0.25) is 0 Å². The molecule has 0 saturated heterocycles. The minimum atomic E-state index is -0.309. The molecule has 0 spiro atoms. The summed E-state index contributed by atoms with van der Waals surface area (Å²) in [5.74, 6) is 0. The molecule has 15 heavy (non-hydrogen) atoms. The zero-order valence-corrected chi connectivity index (χ0v) is 8.23. The molecule has 0 aliphatic carbocycles. The SMILES string of the molecule is Cn1ccc2cc3ccc(=O)oc3cc21. The summed E-state index contributed by atoms with van der Waals surface area (Å²) in [5.41, 5.74) is 1.39. The van der Waals surface area contributed by atoms with Gasteiger partial charge in [0.2, 0.25) is 0 Å². The van der Waals surface area contributed by atoms with E-state index in [0.717, 1.165) is 16.3 Å². The monoisotopic (exact) mass is 199 g/mol. The van der Waals surface area contributed by atoms with Gasteiger partial charge in [0.15, 0.2) is 0 Å². The highest BCUT2D eigenvalue weighted by atomic mass is 16.4. The second kappa shape index (κ2) is 2.73. The molecule has 3 nitrogen and oxygen atoms in total. The number of aryl methyl sites for hydroxylation is 1. The van der Waals surface area contributed by atoms with Crippen molar-refractivity contribution in [3.8, 4) is 0 Å². The van der Waals surface area contributed by atoms with Crippen molar-refractivity contribution in [3.05, 3.63) is 46.9 Å². The van der Waals surface area contributed by atoms with Crippen molar-refractivity contribution in [3.63, 3.8) is 0 Å². The zero-order valence-electron chi connectivity index (χ0n) is 8.23. The lowest BCUT2D eigenvalue weighted by Crippen LogP contribution is -1.94. The Hall–Kier alpha value is -2.03. The fourth-order valence-corrected chi connectivity index (χ4v) is 1.83. The third-order valence-electron chi connectivity index (χ3n) is 2.63. The highest BCUT2D eigenvalue weighted by Crippen LogP contribution is 2.21. The van der Waals surface area contributed by atoms with E-state index in [2.05, 4.69) is 0 Å². The van der Waals surface area contributed by atoms with Gasteiger partial charge in [-0.15, -0.1) is 0 Å². The van der Waals surface area contributed by atoms with Crippen LogP contribution in [0.5, 0.6) is 0 Å². The van der Waals surface area contributed by atoms with Gasteiger partial charge in [0, 0.05) is 36.1 Å². The Morgan fingerprint density at radius 3 is 2.87 bits per heavy atom. The normalized spacial score (nSPS) is 11.3. The molecule has 0 fully saturated rings. The average Bonchev–Trinajstić information content (AvgIpc) is 2.57. The first-order valence-corrected chi connectivity index (χ1v) is 4.73. The molecule has 0 saturated carbocycles. The number of hydrogen-bond donors (Lipinski definition) is 0. The van der Waals surface area contributed by atoms with E-state index in [-0.39, 0.29) is 5.63 Å². The number of benzene rings is 1. The molecule has 2 aromatic heterocycles. The Morgan fingerprint density at radius 1 is 1.13 bits per heavy atom. The van der Waals surface area contributed by atoms with Crippen LogP contribution in [0.25, 0.3) is 21.9 Å². The molecule has 0 N–H and O–H groups in total. The van der Waals surface area contributed by atoms with Gasteiger partial charge in [-0.25, -0.2) is 4.79 Å². The van der Waals surface area contributed by atoms with Crippen LogP contribution >= 0.6 is 0 Å². The second-order valence-electron chi connectivity index (χ2n) is 3.63. The molecule has 3 rings (SSSR count). The van der Waals surface area contributed by atoms with E-state index in [1.54, 1.807) is 6.07 Å². The molecule has 0 unspecified atom stereocenters. The topological polar surface area (TPSA) is 35.1 Å². The molecule has 0 bridgehead atoms. The lowest BCUT2D eigenvalue weighted by atomic mass is 10.2. The highest BCUT2D eigenvalue weighted by Gasteiger charge is 2.02. The summed E-state index contributed by atoms with van der Waals surface area (Å²) in [6.07, 6.45) is 1.99. The van der Waals surface area contributed by atoms with E-state index in [1.807, 2.05) is 36.0 Å². The standard InChI is InChI=1S/C12H9NO2/c1-13-5-4-8-6-9-2-3-12(14)15-11(9)7-10(8)13/h2-7H,1H3. The summed E-state index contributed by atoms with van der Waals surface area (Å²) in [5, 5.41) is 2.10. The molecular weight excluding hydrogens is 190 g/mol. The summed E-state index contributed by atoms with van der Waals surface area (Å²) in [7, 11) is 1.97. The predicted octanol–water partition coefficient (Wildman–Crippen LogP) is 2.28. The quantitative estimate of drug-likeness (QED) is 0.520. The Balaban J connectivity index is 2.55. The largest absolute Gasteiger partial charge is 0.423 e. The van der Waals surface area contributed by atoms with E-state index in [0.29, 0.717) is 5.58 Å². The molecule has 3 heteroatoms. The molecule has 1 aromatic carbocycles. The van der Waals surface area contributed by atoms with Crippen molar-refractivity contribution in [2.45, 2.75) is 0 Å². The van der Waals surface area contributed by atoms with Gasteiger partial charge in [0.25, 0.3) is 0 Å². The highest BCUT2D eigenvalue weighted by molar-refractivity contribution is 5.94. The number of fused-ring (bicyclic) bond motifs is 2. The maximum atomic E-state index is 11.1. The number of hydrogen-bond acceptors (Lipinski definition) is 2. The van der Waals surface area contributed by atoms with Crippen LogP contribution in [-0.2, 0) is 7.05 Å². The van der Waals surface area contributed by atoms with Gasteiger partial charge in [0.1, 0.15) is 5.58 Å². The summed E-state index contributed by atoms with van der Waals surface area (Å²) in [4.78, 5) is 11.1. The summed E-state index contributed by atoms with van der Waals surface area (Å²) in [6, 6.07) is 9.18. The molecule has 74 valence electrons. The van der Waals surface area contributed by atoms with Gasteiger partial charge in [-0.3, -0.25) is 0 Å². The van der Waals surface area contributed by atoms with E-state index < -0.39 is 0 Å². The van der Waals surface area contributed by atoms with E-state index in [4.69, 9.17) is 4.42 Å². The molecule has 0 radical (unpaired) electrons. The van der Waals surface area contributed by atoms with Crippen LogP contribution in [0.1, 0.15) is 0 Å². The fraction of sp³-hybridized carbons (Fsp3) is 0.0833. The Labute approximate surface area is 85.5 Å². The first kappa shape index (κ1) is 8.29. The fourth-order valence-electron chi connectivity index (χ4n) is 1.83. The van der Waals surface area contributed by atoms with Gasteiger partial charge in [-0.2, -0.15) is 0 Å². The summed E-state index contributed by atoms with van der Waals surface area (Å²) in [6.45, 7) is 0. The minimum Gasteiger partial charge on any atom is -0.423 e. The molecule has 0 aliphatic rings. The maximum absolute atomic E-state index is 11.1. The molecule has 3 aromatic rings. The average molecular weight is 199 g/mol. The molecule has 0 aliphatic heterocycles. The lowest BCUT2D eigenvalue weighted by Gasteiger charge is -1.98. The Bertz CT molecular complexity index is 706. The number of aromatic nitrogens is 1. The molecule has 2 heterocycles. The van der Waals surface area contributed by atoms with Crippen LogP contribution in [0.4, 0.5) is 0 Å². The van der Waals surface area contributed by atoms with Crippen LogP contribution in [0.15, 0.2) is 45.7 Å². The minimum absolute atomic E-state index is 0.309. The zero-order chi connectivity index (χ0) is 10.4. The van der Waals surface area contributed by atoms with Gasteiger partial charge < -0.3 is 8.98 Å². The van der Waals surface area contributed by atoms with Crippen LogP contribution in [-0.4, -0.2) is 4.57 Å². The van der Waals surface area contributed by atoms with Crippen molar-refractivity contribution in [2.75, 3.05) is 0 Å². The Kier molecular flexibility index (Phi) is 1.51. The maximum Gasteiger partial charge on any atom is 0.336 e. The molecule has 0 amide bonds. The Morgan fingerprint density at radius 2 is 2.00 bits per heavy atom. The summed E-state index contributed by atoms with van der Waals surface area (Å²) >= 11 is 0. The molecule has 0 atom stereocenters. The number of nitrogens with zero attached hydrogens (tertiary/aromatic N) is 1. The smallest absolute Gasteiger partial charge is 0.336 e. The predicted molar refractivity (Wildman–Crippen MR) is 59.0 cm³/mol. The van der Waals surface area contributed by atoms with Crippen molar-refractivity contribution >= 4 is 21.9 Å². The first-order valence-electron chi connectivity index (χ1n) is 4.73. The third kappa shape index (κ3) is 1.16. The first-order chi connectivity index (χ1) is 7.24. The molecular formula is C12H9NO2. The lowest BCUT2D eigenvalue weighted by molar-refractivity contribution is 0.561. The van der Waals surface area contributed by atoms with E-state index >= 15 is 0 Å². The van der Waals surface area contributed by atoms with Crippen LogP contribution in [0.3, 0.4) is 0 Å². The van der Waals surface area contributed by atoms with Crippen LogP contribution < -0.4 is 5.63 Å². The van der Waals surface area contributed by atoms with Crippen molar-refractivity contribution in [1.82, 2.24) is 4.57 Å². The van der Waals surface area contributed by atoms with Crippen molar-refractivity contribution in [2.24, 2.45) is 7.05 Å². The van der Waals surface area contributed by atoms with Crippen molar-refractivity contribution in [1.29, 1.82) is 0 Å². The van der Waals surface area contributed by atoms with Crippen molar-refractivity contribution < 1.29 is 4.42 Å². The van der Waals surface area contributed by atoms with Gasteiger partial charge >= 0.3 is 5.63 Å². The second-order valence-corrected chi connectivity index (χ2v) is 3.63. The summed E-state index contributed by atoms with van der Waals surface area (Å²) < 4.78 is 7.13. The number of rotatable bonds is 0. The van der Waals surface area contributed by atoms with Gasteiger partial charge in [-0.05, 0) is 18.2 Å². The third-order valence-corrected chi connectivity index (χ3v) is 2.63.